The largest absolute Gasteiger partial charge is 0.495 e. The van der Waals surface area contributed by atoms with Gasteiger partial charge in [0, 0.05) is 39.3 Å². The molecule has 0 saturated carbocycles. The molecule has 0 radical (unpaired) electrons. The molecule has 4 rings (SSSR count). The van der Waals surface area contributed by atoms with E-state index in [2.05, 4.69) is 0 Å². The van der Waals surface area contributed by atoms with Crippen LogP contribution in [0.1, 0.15) is 23.2 Å². The number of benzene rings is 2. The molecule has 2 heterocycles. The summed E-state index contributed by atoms with van der Waals surface area (Å²) >= 11 is 6.05. The number of ether oxygens (including phenoxy) is 1. The predicted octanol–water partition coefficient (Wildman–Crippen LogP) is 2.60. The van der Waals surface area contributed by atoms with Crippen molar-refractivity contribution in [3.05, 3.63) is 52.8 Å². The number of piperidine rings is 1. The van der Waals surface area contributed by atoms with Gasteiger partial charge in [-0.05, 0) is 49.2 Å². The number of methoxy groups -OCH3 is 1. The van der Waals surface area contributed by atoms with Crippen LogP contribution >= 0.6 is 11.6 Å². The van der Waals surface area contributed by atoms with Crippen molar-refractivity contribution in [2.75, 3.05) is 51.3 Å². The Labute approximate surface area is 203 Å². The number of hydrogen-bond acceptors (Lipinski definition) is 6. The second-order valence-electron chi connectivity index (χ2n) is 8.40. The van der Waals surface area contributed by atoms with Crippen LogP contribution in [-0.4, -0.2) is 81.1 Å². The van der Waals surface area contributed by atoms with Crippen molar-refractivity contribution in [2.45, 2.75) is 23.8 Å². The van der Waals surface area contributed by atoms with E-state index in [0.717, 1.165) is 6.07 Å². The molecule has 2 aromatic rings. The normalized spacial score (nSPS) is 19.8. The first-order valence-corrected chi connectivity index (χ1v) is 12.9. The number of aliphatic hydroxyl groups is 1. The third kappa shape index (κ3) is 5.00. The molecule has 2 aliphatic heterocycles. The molecule has 0 aromatic heterocycles. The Morgan fingerprint density at radius 3 is 2.50 bits per heavy atom. The molecule has 0 bridgehead atoms. The minimum atomic E-state index is -3.77. The van der Waals surface area contributed by atoms with Gasteiger partial charge in [-0.1, -0.05) is 11.6 Å². The molecule has 1 atom stereocenters. The number of aliphatic hydroxyl groups excluding tert-OH is 1. The highest BCUT2D eigenvalue weighted by Crippen LogP contribution is 2.33. The van der Waals surface area contributed by atoms with Crippen molar-refractivity contribution >= 4 is 33.2 Å². The summed E-state index contributed by atoms with van der Waals surface area (Å²) in [6.07, 6.45) is 0.533. The second-order valence-corrected chi connectivity index (χ2v) is 10.7. The molecule has 1 N–H and O–H groups in total. The number of sulfonamides is 1. The summed E-state index contributed by atoms with van der Waals surface area (Å²) in [5.74, 6) is -0.261. The monoisotopic (exact) mass is 511 g/mol. The third-order valence-corrected chi connectivity index (χ3v) is 8.39. The maximum absolute atomic E-state index is 13.3. The molecule has 11 heteroatoms. The van der Waals surface area contributed by atoms with E-state index in [0.29, 0.717) is 57.0 Å². The van der Waals surface area contributed by atoms with Gasteiger partial charge in [-0.3, -0.25) is 4.79 Å². The second kappa shape index (κ2) is 10.1. The maximum Gasteiger partial charge on any atom is 0.255 e. The highest BCUT2D eigenvalue weighted by molar-refractivity contribution is 7.89. The molecule has 34 heavy (non-hydrogen) atoms. The number of amides is 1. The molecule has 0 spiro atoms. The quantitative estimate of drug-likeness (QED) is 0.663. The Hall–Kier alpha value is -2.40. The fourth-order valence-corrected chi connectivity index (χ4v) is 6.13. The van der Waals surface area contributed by atoms with Gasteiger partial charge in [0.05, 0.1) is 34.4 Å². The van der Waals surface area contributed by atoms with E-state index in [-0.39, 0.29) is 27.9 Å². The first-order chi connectivity index (χ1) is 16.2. The van der Waals surface area contributed by atoms with Crippen LogP contribution in [-0.2, 0) is 10.0 Å². The molecular formula is C23H27ClFN3O5S. The van der Waals surface area contributed by atoms with Gasteiger partial charge < -0.3 is 19.6 Å². The average molecular weight is 512 g/mol. The molecule has 1 amide bonds. The SMILES string of the molecule is COc1ccc(S(=O)(=O)N2CCC[C@@H](O)C2)cc1N1CCN(C(=O)c2ccc(F)cc2Cl)CC1. The average Bonchev–Trinajstić information content (AvgIpc) is 2.83. The van der Waals surface area contributed by atoms with Gasteiger partial charge >= 0.3 is 0 Å². The summed E-state index contributed by atoms with van der Waals surface area (Å²) in [4.78, 5) is 16.6. The molecule has 2 saturated heterocycles. The summed E-state index contributed by atoms with van der Waals surface area (Å²) in [6, 6.07) is 8.41. The van der Waals surface area contributed by atoms with E-state index in [1.54, 1.807) is 17.0 Å². The molecule has 8 nitrogen and oxygen atoms in total. The van der Waals surface area contributed by atoms with E-state index >= 15 is 0 Å². The minimum Gasteiger partial charge on any atom is -0.495 e. The predicted molar refractivity (Wildman–Crippen MR) is 127 cm³/mol. The summed E-state index contributed by atoms with van der Waals surface area (Å²) in [6.45, 7) is 2.11. The topological polar surface area (TPSA) is 90.4 Å². The Kier molecular flexibility index (Phi) is 7.32. The number of anilines is 1. The molecule has 0 aliphatic carbocycles. The minimum absolute atomic E-state index is 0.0647. The van der Waals surface area contributed by atoms with E-state index < -0.39 is 21.9 Å². The Balaban J connectivity index is 1.52. The Morgan fingerprint density at radius 1 is 1.12 bits per heavy atom. The van der Waals surface area contributed by atoms with Crippen LogP contribution in [0.2, 0.25) is 5.02 Å². The molecule has 2 fully saturated rings. The van der Waals surface area contributed by atoms with Crippen molar-refractivity contribution in [3.63, 3.8) is 0 Å². The lowest BCUT2D eigenvalue weighted by atomic mass is 10.1. The van der Waals surface area contributed by atoms with E-state index in [1.807, 2.05) is 4.90 Å². The molecule has 2 aromatic carbocycles. The standard InChI is InChI=1S/C23H27ClFN3O5S/c1-33-22-7-5-18(34(31,32)28-8-2-3-17(29)15-28)14-21(22)26-9-11-27(12-10-26)23(30)19-6-4-16(25)13-20(19)24/h4-7,13-14,17,29H,2-3,8-12,15H2,1H3/t17-/m1/s1. The van der Waals surface area contributed by atoms with Crippen molar-refractivity contribution in [1.29, 1.82) is 0 Å². The van der Waals surface area contributed by atoms with Crippen molar-refractivity contribution in [1.82, 2.24) is 9.21 Å². The number of nitrogens with zero attached hydrogens (tertiary/aromatic N) is 3. The molecule has 2 aliphatic rings. The third-order valence-electron chi connectivity index (χ3n) is 6.22. The van der Waals surface area contributed by atoms with Gasteiger partial charge in [0.1, 0.15) is 11.6 Å². The van der Waals surface area contributed by atoms with Crippen LogP contribution in [0.5, 0.6) is 5.75 Å². The fourth-order valence-electron chi connectivity index (χ4n) is 4.35. The number of β-amino-alcohol motifs (C(OH)–C–C–N with tert-alkyl or cyclic N) is 1. The van der Waals surface area contributed by atoms with Crippen LogP contribution in [0.15, 0.2) is 41.3 Å². The van der Waals surface area contributed by atoms with Crippen LogP contribution in [0.4, 0.5) is 10.1 Å². The summed E-state index contributed by atoms with van der Waals surface area (Å²) in [5.41, 5.74) is 0.860. The number of halogens is 2. The highest BCUT2D eigenvalue weighted by atomic mass is 35.5. The van der Waals surface area contributed by atoms with Crippen LogP contribution in [0.3, 0.4) is 0 Å². The van der Waals surface area contributed by atoms with Crippen molar-refractivity contribution in [3.8, 4) is 5.75 Å². The van der Waals surface area contributed by atoms with E-state index in [1.165, 1.54) is 29.6 Å². The van der Waals surface area contributed by atoms with E-state index in [9.17, 15) is 22.7 Å². The maximum atomic E-state index is 13.3. The number of piperazine rings is 1. The highest BCUT2D eigenvalue weighted by Gasteiger charge is 2.31. The zero-order valence-corrected chi connectivity index (χ0v) is 20.4. The number of rotatable bonds is 5. The lowest BCUT2D eigenvalue weighted by Gasteiger charge is -2.37. The van der Waals surface area contributed by atoms with Crippen LogP contribution < -0.4 is 9.64 Å². The molecule has 184 valence electrons. The molecular weight excluding hydrogens is 485 g/mol. The number of carbonyl (C=O) groups is 1. The van der Waals surface area contributed by atoms with Gasteiger partial charge in [0.15, 0.2) is 0 Å². The summed E-state index contributed by atoms with van der Waals surface area (Å²) in [5, 5.41) is 9.98. The van der Waals surface area contributed by atoms with Crippen molar-refractivity contribution in [2.24, 2.45) is 0 Å². The lowest BCUT2D eigenvalue weighted by Crippen LogP contribution is -2.49. The summed E-state index contributed by atoms with van der Waals surface area (Å²) in [7, 11) is -2.25. The van der Waals surface area contributed by atoms with Gasteiger partial charge in [-0.15, -0.1) is 0 Å². The van der Waals surface area contributed by atoms with E-state index in [4.69, 9.17) is 16.3 Å². The smallest absolute Gasteiger partial charge is 0.255 e. The van der Waals surface area contributed by atoms with Gasteiger partial charge in [-0.2, -0.15) is 4.31 Å². The molecule has 0 unspecified atom stereocenters. The van der Waals surface area contributed by atoms with Crippen LogP contribution in [0, 0.1) is 5.82 Å². The van der Waals surface area contributed by atoms with Gasteiger partial charge in [0.25, 0.3) is 5.91 Å². The van der Waals surface area contributed by atoms with Crippen molar-refractivity contribution < 1.29 is 27.4 Å². The number of hydrogen-bond donors (Lipinski definition) is 1. The summed E-state index contributed by atoms with van der Waals surface area (Å²) < 4.78 is 46.5. The lowest BCUT2D eigenvalue weighted by molar-refractivity contribution is 0.0746. The van der Waals surface area contributed by atoms with Crippen LogP contribution in [0.25, 0.3) is 0 Å². The Bertz CT molecular complexity index is 1170. The number of carbonyl (C=O) groups excluding carboxylic acids is 1. The Morgan fingerprint density at radius 2 is 1.85 bits per heavy atom. The zero-order valence-electron chi connectivity index (χ0n) is 18.8. The first kappa shape index (κ1) is 24.7. The fraction of sp³-hybridized carbons (Fsp3) is 0.435. The van der Waals surface area contributed by atoms with Gasteiger partial charge in [0.2, 0.25) is 10.0 Å². The van der Waals surface area contributed by atoms with Gasteiger partial charge in [-0.25, -0.2) is 12.8 Å². The zero-order chi connectivity index (χ0) is 24.5. The first-order valence-electron chi connectivity index (χ1n) is 11.1.